The van der Waals surface area contributed by atoms with Gasteiger partial charge in [-0.2, -0.15) is 0 Å². The van der Waals surface area contributed by atoms with Crippen LogP contribution in [0.2, 0.25) is 0 Å². The van der Waals surface area contributed by atoms with E-state index in [2.05, 4.69) is 35.0 Å². The topological polar surface area (TPSA) is 59.6 Å². The molecule has 0 aliphatic heterocycles. The molecule has 0 saturated heterocycles. The molecule has 0 atom stereocenters. The predicted molar refractivity (Wildman–Crippen MR) is 109 cm³/mol. The summed E-state index contributed by atoms with van der Waals surface area (Å²) in [5.74, 6) is 1.52. The smallest absolute Gasteiger partial charge is 0.163 e. The Balaban J connectivity index is 1.92. The molecule has 0 amide bonds. The summed E-state index contributed by atoms with van der Waals surface area (Å²) in [6.07, 6.45) is 4.65. The standard InChI is InChI=1S/C21H29N3O3/c1-24(2)10-6-12-27-20-14-18-15(13-19(20)26-4)21-16(7-5-11-25-3)22-9-8-17(21)23-18/h8-9,13-14,23H,5-7,10-12H2,1-4H3. The van der Waals surface area contributed by atoms with Gasteiger partial charge in [0, 0.05) is 48.8 Å². The van der Waals surface area contributed by atoms with E-state index >= 15 is 0 Å². The number of hydrogen-bond donors (Lipinski definition) is 1. The molecule has 0 aliphatic carbocycles. The first-order valence-corrected chi connectivity index (χ1v) is 9.37. The van der Waals surface area contributed by atoms with Crippen LogP contribution < -0.4 is 9.47 Å². The van der Waals surface area contributed by atoms with E-state index in [0.717, 1.165) is 71.4 Å². The average Bonchev–Trinajstić information content (AvgIpc) is 3.02. The van der Waals surface area contributed by atoms with Crippen molar-refractivity contribution in [2.45, 2.75) is 19.3 Å². The van der Waals surface area contributed by atoms with Crippen molar-refractivity contribution >= 4 is 21.8 Å². The lowest BCUT2D eigenvalue weighted by Crippen LogP contribution is -2.15. The third kappa shape index (κ3) is 4.51. The third-order valence-electron chi connectivity index (χ3n) is 4.64. The molecule has 3 aromatic rings. The SMILES string of the molecule is COCCCc1nccc2[nH]c3cc(OCCCN(C)C)c(OC)cc3c12. The number of pyridine rings is 1. The summed E-state index contributed by atoms with van der Waals surface area (Å²) in [6.45, 7) is 2.38. The maximum atomic E-state index is 5.99. The van der Waals surface area contributed by atoms with E-state index in [0.29, 0.717) is 6.61 Å². The molecule has 2 aromatic heterocycles. The number of aromatic amines is 1. The van der Waals surface area contributed by atoms with E-state index in [9.17, 15) is 0 Å². The van der Waals surface area contributed by atoms with Crippen molar-refractivity contribution < 1.29 is 14.2 Å². The molecular formula is C21H29N3O3. The molecule has 1 aromatic carbocycles. The molecule has 0 unspecified atom stereocenters. The van der Waals surface area contributed by atoms with Crippen LogP contribution in [0.5, 0.6) is 11.5 Å². The highest BCUT2D eigenvalue weighted by atomic mass is 16.5. The fourth-order valence-electron chi connectivity index (χ4n) is 3.33. The summed E-state index contributed by atoms with van der Waals surface area (Å²) in [5, 5.41) is 2.27. The first-order valence-electron chi connectivity index (χ1n) is 9.37. The van der Waals surface area contributed by atoms with Gasteiger partial charge in [-0.05, 0) is 45.5 Å². The number of aryl methyl sites for hydroxylation is 1. The summed E-state index contributed by atoms with van der Waals surface area (Å²) < 4.78 is 16.8. The number of rotatable bonds is 10. The number of H-pyrrole nitrogens is 1. The number of methoxy groups -OCH3 is 2. The van der Waals surface area contributed by atoms with Gasteiger partial charge in [0.1, 0.15) is 0 Å². The Kier molecular flexibility index (Phi) is 6.53. The van der Waals surface area contributed by atoms with Crippen LogP contribution in [0.4, 0.5) is 0 Å². The number of nitrogens with zero attached hydrogens (tertiary/aromatic N) is 2. The highest BCUT2D eigenvalue weighted by molar-refractivity contribution is 6.09. The minimum atomic E-state index is 0.657. The van der Waals surface area contributed by atoms with Gasteiger partial charge in [-0.25, -0.2) is 0 Å². The Morgan fingerprint density at radius 2 is 1.89 bits per heavy atom. The first-order chi connectivity index (χ1) is 13.1. The van der Waals surface area contributed by atoms with Gasteiger partial charge >= 0.3 is 0 Å². The Morgan fingerprint density at radius 3 is 2.63 bits per heavy atom. The van der Waals surface area contributed by atoms with Crippen LogP contribution in [0.15, 0.2) is 24.4 Å². The fourth-order valence-corrected chi connectivity index (χ4v) is 3.33. The monoisotopic (exact) mass is 371 g/mol. The van der Waals surface area contributed by atoms with Crippen LogP contribution in [0, 0.1) is 0 Å². The molecule has 0 radical (unpaired) electrons. The highest BCUT2D eigenvalue weighted by Crippen LogP contribution is 2.37. The summed E-state index contributed by atoms with van der Waals surface area (Å²) in [7, 11) is 7.54. The molecule has 3 rings (SSSR count). The molecule has 0 bridgehead atoms. The molecular weight excluding hydrogens is 342 g/mol. The number of benzene rings is 1. The molecule has 27 heavy (non-hydrogen) atoms. The first kappa shape index (κ1) is 19.5. The van der Waals surface area contributed by atoms with Crippen LogP contribution >= 0.6 is 0 Å². The predicted octanol–water partition coefficient (Wildman–Crippen LogP) is 3.63. The lowest BCUT2D eigenvalue weighted by Gasteiger charge is -2.13. The molecule has 2 heterocycles. The number of aromatic nitrogens is 2. The van der Waals surface area contributed by atoms with Crippen molar-refractivity contribution in [2.75, 3.05) is 48.1 Å². The van der Waals surface area contributed by atoms with Gasteiger partial charge in [-0.3, -0.25) is 4.98 Å². The summed E-state index contributed by atoms with van der Waals surface area (Å²) >= 11 is 0. The van der Waals surface area contributed by atoms with Crippen molar-refractivity contribution in [3.8, 4) is 11.5 Å². The van der Waals surface area contributed by atoms with Crippen LogP contribution in [0.3, 0.4) is 0 Å². The molecule has 0 fully saturated rings. The second-order valence-corrected chi connectivity index (χ2v) is 6.96. The van der Waals surface area contributed by atoms with E-state index in [1.807, 2.05) is 18.3 Å². The minimum Gasteiger partial charge on any atom is -0.493 e. The van der Waals surface area contributed by atoms with E-state index in [-0.39, 0.29) is 0 Å². The molecule has 6 nitrogen and oxygen atoms in total. The van der Waals surface area contributed by atoms with Gasteiger partial charge in [-0.15, -0.1) is 0 Å². The van der Waals surface area contributed by atoms with Gasteiger partial charge in [0.25, 0.3) is 0 Å². The molecule has 1 N–H and O–H groups in total. The van der Waals surface area contributed by atoms with Crippen LogP contribution in [0.25, 0.3) is 21.8 Å². The highest BCUT2D eigenvalue weighted by Gasteiger charge is 2.14. The van der Waals surface area contributed by atoms with Gasteiger partial charge in [0.2, 0.25) is 0 Å². The lowest BCUT2D eigenvalue weighted by molar-refractivity contribution is 0.195. The number of hydrogen-bond acceptors (Lipinski definition) is 5. The van der Waals surface area contributed by atoms with E-state index in [1.54, 1.807) is 14.2 Å². The van der Waals surface area contributed by atoms with E-state index < -0.39 is 0 Å². The molecule has 0 aliphatic rings. The Hall–Kier alpha value is -2.31. The Bertz CT molecular complexity index is 889. The van der Waals surface area contributed by atoms with Crippen molar-refractivity contribution in [1.29, 1.82) is 0 Å². The lowest BCUT2D eigenvalue weighted by atomic mass is 10.1. The normalized spacial score (nSPS) is 11.6. The average molecular weight is 371 g/mol. The summed E-state index contributed by atoms with van der Waals surface area (Å²) in [6, 6.07) is 6.10. The van der Waals surface area contributed by atoms with Gasteiger partial charge < -0.3 is 24.1 Å². The number of ether oxygens (including phenoxy) is 3. The number of fused-ring (bicyclic) bond motifs is 3. The third-order valence-corrected chi connectivity index (χ3v) is 4.64. The zero-order valence-electron chi connectivity index (χ0n) is 16.7. The largest absolute Gasteiger partial charge is 0.493 e. The van der Waals surface area contributed by atoms with E-state index in [1.165, 1.54) is 0 Å². The Morgan fingerprint density at radius 1 is 1.04 bits per heavy atom. The maximum Gasteiger partial charge on any atom is 0.163 e. The summed E-state index contributed by atoms with van der Waals surface area (Å²) in [4.78, 5) is 10.3. The second kappa shape index (κ2) is 9.06. The molecule has 0 spiro atoms. The molecule has 6 heteroatoms. The number of nitrogens with one attached hydrogen (secondary N) is 1. The zero-order valence-corrected chi connectivity index (χ0v) is 16.7. The van der Waals surface area contributed by atoms with Crippen molar-refractivity contribution in [2.24, 2.45) is 0 Å². The maximum absolute atomic E-state index is 5.99. The zero-order chi connectivity index (χ0) is 19.2. The quantitative estimate of drug-likeness (QED) is 0.552. The van der Waals surface area contributed by atoms with E-state index in [4.69, 9.17) is 14.2 Å². The van der Waals surface area contributed by atoms with Gasteiger partial charge in [0.15, 0.2) is 11.5 Å². The van der Waals surface area contributed by atoms with Gasteiger partial charge in [-0.1, -0.05) is 0 Å². The molecule has 146 valence electrons. The van der Waals surface area contributed by atoms with Crippen molar-refractivity contribution in [3.05, 3.63) is 30.1 Å². The van der Waals surface area contributed by atoms with Crippen LogP contribution in [-0.2, 0) is 11.2 Å². The molecule has 0 saturated carbocycles. The van der Waals surface area contributed by atoms with Crippen molar-refractivity contribution in [1.82, 2.24) is 14.9 Å². The van der Waals surface area contributed by atoms with Gasteiger partial charge in [0.05, 0.1) is 24.9 Å². The van der Waals surface area contributed by atoms with Crippen LogP contribution in [0.1, 0.15) is 18.5 Å². The summed E-state index contributed by atoms with van der Waals surface area (Å²) in [5.41, 5.74) is 3.20. The minimum absolute atomic E-state index is 0.657. The second-order valence-electron chi connectivity index (χ2n) is 6.96. The van der Waals surface area contributed by atoms with Crippen LogP contribution in [-0.4, -0.2) is 62.9 Å². The fraction of sp³-hybridized carbons (Fsp3) is 0.476. The Labute approximate surface area is 160 Å². The van der Waals surface area contributed by atoms with Crippen molar-refractivity contribution in [3.63, 3.8) is 0 Å².